The van der Waals surface area contributed by atoms with Crippen molar-refractivity contribution in [2.75, 3.05) is 17.2 Å². The van der Waals surface area contributed by atoms with Gasteiger partial charge in [-0.25, -0.2) is 0 Å². The van der Waals surface area contributed by atoms with Crippen molar-refractivity contribution in [2.24, 2.45) is 0 Å². The van der Waals surface area contributed by atoms with E-state index >= 15 is 0 Å². The molecule has 0 spiro atoms. The summed E-state index contributed by atoms with van der Waals surface area (Å²) in [6.45, 7) is 7.18. The number of aryl methyl sites for hydroxylation is 1. The van der Waals surface area contributed by atoms with Crippen molar-refractivity contribution in [3.8, 4) is 5.75 Å². The van der Waals surface area contributed by atoms with E-state index < -0.39 is 0 Å². The van der Waals surface area contributed by atoms with Gasteiger partial charge in [0.25, 0.3) is 0 Å². The van der Waals surface area contributed by atoms with Crippen LogP contribution in [0.2, 0.25) is 5.02 Å². The summed E-state index contributed by atoms with van der Waals surface area (Å²) in [6, 6.07) is 15.5. The largest absolute Gasteiger partial charge is 0.494 e. The van der Waals surface area contributed by atoms with Crippen LogP contribution < -0.4 is 15.4 Å². The standard InChI is InChI=1S/C21H23ClN4OS/c1-4-27-18-11-9-17(10-12-18)23-21(28)24-20-14(2)25-26(15(20)3)13-16-7-5-6-8-19(16)22/h5-12H,4,13H2,1-3H3,(H2,23,24,28). The first-order valence-corrected chi connectivity index (χ1v) is 9.84. The van der Waals surface area contributed by atoms with E-state index in [1.165, 1.54) is 0 Å². The third-order valence-corrected chi connectivity index (χ3v) is 4.89. The van der Waals surface area contributed by atoms with Crippen LogP contribution in [-0.4, -0.2) is 21.5 Å². The summed E-state index contributed by atoms with van der Waals surface area (Å²) in [6.07, 6.45) is 0. The molecule has 1 aromatic heterocycles. The van der Waals surface area contributed by atoms with Gasteiger partial charge in [-0.2, -0.15) is 5.10 Å². The Morgan fingerprint density at radius 3 is 2.50 bits per heavy atom. The number of nitrogens with zero attached hydrogens (tertiary/aromatic N) is 2. The van der Waals surface area contributed by atoms with Crippen molar-refractivity contribution in [1.29, 1.82) is 0 Å². The van der Waals surface area contributed by atoms with Crippen molar-refractivity contribution in [3.63, 3.8) is 0 Å². The molecule has 0 atom stereocenters. The number of rotatable bonds is 6. The van der Waals surface area contributed by atoms with Gasteiger partial charge in [0, 0.05) is 10.7 Å². The molecule has 28 heavy (non-hydrogen) atoms. The lowest BCUT2D eigenvalue weighted by atomic mass is 10.2. The van der Waals surface area contributed by atoms with Crippen LogP contribution in [0.3, 0.4) is 0 Å². The van der Waals surface area contributed by atoms with Crippen molar-refractivity contribution < 1.29 is 4.74 Å². The molecule has 1 heterocycles. The summed E-state index contributed by atoms with van der Waals surface area (Å²) in [5, 5.41) is 12.3. The van der Waals surface area contributed by atoms with Gasteiger partial charge in [-0.1, -0.05) is 29.8 Å². The van der Waals surface area contributed by atoms with Gasteiger partial charge >= 0.3 is 0 Å². The molecule has 7 heteroatoms. The van der Waals surface area contributed by atoms with Crippen LogP contribution in [0.5, 0.6) is 5.75 Å². The van der Waals surface area contributed by atoms with E-state index in [0.717, 1.165) is 39.1 Å². The molecule has 2 N–H and O–H groups in total. The zero-order chi connectivity index (χ0) is 20.1. The molecule has 3 rings (SSSR count). The average Bonchev–Trinajstić information content (AvgIpc) is 2.93. The summed E-state index contributed by atoms with van der Waals surface area (Å²) in [4.78, 5) is 0. The van der Waals surface area contributed by atoms with Crippen molar-refractivity contribution in [2.45, 2.75) is 27.3 Å². The number of hydrogen-bond donors (Lipinski definition) is 2. The predicted octanol–water partition coefficient (Wildman–Crippen LogP) is 5.41. The number of thiocarbonyl (C=S) groups is 1. The molecular weight excluding hydrogens is 392 g/mol. The molecule has 0 saturated heterocycles. The zero-order valence-electron chi connectivity index (χ0n) is 16.1. The van der Waals surface area contributed by atoms with Crippen LogP contribution in [0.15, 0.2) is 48.5 Å². The Morgan fingerprint density at radius 2 is 1.82 bits per heavy atom. The fourth-order valence-corrected chi connectivity index (χ4v) is 3.31. The summed E-state index contributed by atoms with van der Waals surface area (Å²) in [5.74, 6) is 0.833. The van der Waals surface area contributed by atoms with Gasteiger partial charge < -0.3 is 15.4 Å². The van der Waals surface area contributed by atoms with E-state index in [0.29, 0.717) is 18.3 Å². The first-order chi connectivity index (χ1) is 13.5. The monoisotopic (exact) mass is 414 g/mol. The Kier molecular flexibility index (Phi) is 6.54. The lowest BCUT2D eigenvalue weighted by Crippen LogP contribution is -2.20. The molecule has 0 radical (unpaired) electrons. The molecule has 0 aliphatic carbocycles. The zero-order valence-corrected chi connectivity index (χ0v) is 17.7. The number of anilines is 2. The quantitative estimate of drug-likeness (QED) is 0.528. The van der Waals surface area contributed by atoms with Gasteiger partial charge in [0.05, 0.1) is 30.2 Å². The van der Waals surface area contributed by atoms with Gasteiger partial charge in [0.2, 0.25) is 0 Å². The van der Waals surface area contributed by atoms with Crippen LogP contribution in [0.4, 0.5) is 11.4 Å². The molecule has 0 fully saturated rings. The van der Waals surface area contributed by atoms with E-state index in [2.05, 4.69) is 15.7 Å². The average molecular weight is 415 g/mol. The summed E-state index contributed by atoms with van der Waals surface area (Å²) in [7, 11) is 0. The van der Waals surface area contributed by atoms with Crippen LogP contribution in [0.25, 0.3) is 0 Å². The van der Waals surface area contributed by atoms with E-state index in [1.54, 1.807) is 0 Å². The van der Waals surface area contributed by atoms with Gasteiger partial charge in [0.15, 0.2) is 5.11 Å². The molecular formula is C21H23ClN4OS. The molecule has 0 aliphatic heterocycles. The SMILES string of the molecule is CCOc1ccc(NC(=S)Nc2c(C)nn(Cc3ccccc3Cl)c2C)cc1. The lowest BCUT2D eigenvalue weighted by Gasteiger charge is -2.12. The van der Waals surface area contributed by atoms with E-state index in [1.807, 2.05) is 74.0 Å². The van der Waals surface area contributed by atoms with Crippen molar-refractivity contribution >= 4 is 40.3 Å². The minimum atomic E-state index is 0.507. The highest BCUT2D eigenvalue weighted by molar-refractivity contribution is 7.80. The number of benzene rings is 2. The Balaban J connectivity index is 1.69. The first kappa shape index (κ1) is 20.2. The molecule has 3 aromatic rings. The molecule has 5 nitrogen and oxygen atoms in total. The maximum absolute atomic E-state index is 6.28. The van der Waals surface area contributed by atoms with Crippen LogP contribution in [0.1, 0.15) is 23.9 Å². The van der Waals surface area contributed by atoms with Crippen molar-refractivity contribution in [1.82, 2.24) is 9.78 Å². The number of aromatic nitrogens is 2. The topological polar surface area (TPSA) is 51.1 Å². The second kappa shape index (κ2) is 9.08. The minimum Gasteiger partial charge on any atom is -0.494 e. The Labute approximate surface area is 175 Å². The fraction of sp³-hybridized carbons (Fsp3) is 0.238. The van der Waals surface area contributed by atoms with E-state index in [9.17, 15) is 0 Å². The lowest BCUT2D eigenvalue weighted by molar-refractivity contribution is 0.340. The minimum absolute atomic E-state index is 0.507. The highest BCUT2D eigenvalue weighted by atomic mass is 35.5. The molecule has 0 unspecified atom stereocenters. The van der Waals surface area contributed by atoms with Gasteiger partial charge in [-0.05, 0) is 68.9 Å². The molecule has 2 aromatic carbocycles. The fourth-order valence-electron chi connectivity index (χ4n) is 2.90. The second-order valence-electron chi connectivity index (χ2n) is 6.33. The summed E-state index contributed by atoms with van der Waals surface area (Å²) < 4.78 is 7.39. The molecule has 146 valence electrons. The maximum atomic E-state index is 6.28. The van der Waals surface area contributed by atoms with Crippen LogP contribution >= 0.6 is 23.8 Å². The molecule has 0 aliphatic rings. The van der Waals surface area contributed by atoms with Crippen LogP contribution in [0, 0.1) is 13.8 Å². The summed E-state index contributed by atoms with van der Waals surface area (Å²) in [5.41, 5.74) is 4.68. The number of ether oxygens (including phenoxy) is 1. The number of nitrogens with one attached hydrogen (secondary N) is 2. The van der Waals surface area contributed by atoms with Gasteiger partial charge in [0.1, 0.15) is 5.75 Å². The highest BCUT2D eigenvalue weighted by Gasteiger charge is 2.14. The first-order valence-electron chi connectivity index (χ1n) is 9.06. The molecule has 0 saturated carbocycles. The number of halogens is 1. The van der Waals surface area contributed by atoms with E-state index in [4.69, 9.17) is 28.6 Å². The smallest absolute Gasteiger partial charge is 0.175 e. The second-order valence-corrected chi connectivity index (χ2v) is 7.15. The maximum Gasteiger partial charge on any atom is 0.175 e. The van der Waals surface area contributed by atoms with Crippen molar-refractivity contribution in [3.05, 3.63) is 70.5 Å². The van der Waals surface area contributed by atoms with E-state index in [-0.39, 0.29) is 0 Å². The third kappa shape index (κ3) is 4.82. The molecule has 0 amide bonds. The summed E-state index contributed by atoms with van der Waals surface area (Å²) >= 11 is 11.8. The van der Waals surface area contributed by atoms with Gasteiger partial charge in [-0.3, -0.25) is 4.68 Å². The third-order valence-electron chi connectivity index (χ3n) is 4.32. The highest BCUT2D eigenvalue weighted by Crippen LogP contribution is 2.23. The molecule has 0 bridgehead atoms. The Morgan fingerprint density at radius 1 is 1.11 bits per heavy atom. The normalized spacial score (nSPS) is 10.6. The van der Waals surface area contributed by atoms with Gasteiger partial charge in [-0.15, -0.1) is 0 Å². The Hall–Kier alpha value is -2.57. The number of hydrogen-bond acceptors (Lipinski definition) is 3. The predicted molar refractivity (Wildman–Crippen MR) is 120 cm³/mol. The van der Waals surface area contributed by atoms with Crippen LogP contribution in [-0.2, 0) is 6.54 Å². The Bertz CT molecular complexity index is 969.